The second kappa shape index (κ2) is 8.07. The number of nitrogens with one attached hydrogen (secondary N) is 1. The summed E-state index contributed by atoms with van der Waals surface area (Å²) in [6.07, 6.45) is 8.67. The Morgan fingerprint density at radius 2 is 2.10 bits per heavy atom. The number of carbonyl (C=O) groups excluding carboxylic acids is 1. The molecule has 1 fully saturated rings. The zero-order chi connectivity index (χ0) is 21.3. The van der Waals surface area contributed by atoms with E-state index in [4.69, 9.17) is 18.6 Å². The Morgan fingerprint density at radius 3 is 2.87 bits per heavy atom. The Bertz CT molecular complexity index is 1070. The van der Waals surface area contributed by atoms with Gasteiger partial charge in [-0.1, -0.05) is 6.07 Å². The molecule has 0 radical (unpaired) electrons. The van der Waals surface area contributed by atoms with Crippen LogP contribution in [0.3, 0.4) is 0 Å². The van der Waals surface area contributed by atoms with Crippen LogP contribution in [0.5, 0.6) is 11.5 Å². The number of amides is 1. The zero-order valence-electron chi connectivity index (χ0n) is 17.3. The van der Waals surface area contributed by atoms with Crippen molar-refractivity contribution in [2.45, 2.75) is 30.9 Å². The lowest BCUT2D eigenvalue weighted by molar-refractivity contribution is -0.0639. The van der Waals surface area contributed by atoms with Gasteiger partial charge in [0.15, 0.2) is 0 Å². The fourth-order valence-corrected chi connectivity index (χ4v) is 4.43. The van der Waals surface area contributed by atoms with Crippen LogP contribution in [0, 0.1) is 0 Å². The highest BCUT2D eigenvalue weighted by Crippen LogP contribution is 2.46. The van der Waals surface area contributed by atoms with Gasteiger partial charge >= 0.3 is 0 Å². The number of aromatic nitrogens is 1. The number of hydrogen-bond acceptors (Lipinski definition) is 6. The van der Waals surface area contributed by atoms with Crippen molar-refractivity contribution in [1.29, 1.82) is 0 Å². The fourth-order valence-electron chi connectivity index (χ4n) is 4.43. The molecule has 160 valence electrons. The van der Waals surface area contributed by atoms with Crippen molar-refractivity contribution in [2.24, 2.45) is 0 Å². The molecular formula is C24H24N2O5. The minimum Gasteiger partial charge on any atom is -0.494 e. The molecule has 3 aromatic rings. The molecule has 2 aliphatic rings. The molecule has 5 rings (SSSR count). The van der Waals surface area contributed by atoms with Crippen molar-refractivity contribution in [1.82, 2.24) is 10.3 Å². The Balaban J connectivity index is 1.54. The van der Waals surface area contributed by atoms with Gasteiger partial charge in [0.2, 0.25) is 0 Å². The largest absolute Gasteiger partial charge is 0.494 e. The molecule has 2 aromatic heterocycles. The first-order valence-electron chi connectivity index (χ1n) is 10.4. The van der Waals surface area contributed by atoms with E-state index in [1.54, 1.807) is 25.6 Å². The third kappa shape index (κ3) is 3.77. The molecule has 1 saturated heterocycles. The highest BCUT2D eigenvalue weighted by molar-refractivity contribution is 5.94. The first-order chi connectivity index (χ1) is 15.2. The van der Waals surface area contributed by atoms with E-state index in [2.05, 4.69) is 16.4 Å². The number of carbonyl (C=O) groups is 1. The standard InChI is InChI=1S/C24H24N2O5/c1-28-22-14-25-8-4-18(22)16-2-3-21-19(12-16)20(26-23(27)17-5-9-30-15-17)13-24(31-21)6-10-29-11-7-24/h2-5,8-9,12,14-15,20H,6-7,10-11,13H2,1H3,(H,26,27). The van der Waals surface area contributed by atoms with Gasteiger partial charge in [-0.3, -0.25) is 9.78 Å². The molecule has 7 nitrogen and oxygen atoms in total. The molecule has 1 unspecified atom stereocenters. The van der Waals surface area contributed by atoms with Gasteiger partial charge in [-0.05, 0) is 29.8 Å². The quantitative estimate of drug-likeness (QED) is 0.683. The van der Waals surface area contributed by atoms with Crippen molar-refractivity contribution in [3.63, 3.8) is 0 Å². The molecule has 1 spiro atoms. The second-order valence-corrected chi connectivity index (χ2v) is 7.97. The van der Waals surface area contributed by atoms with Crippen LogP contribution in [0.2, 0.25) is 0 Å². The second-order valence-electron chi connectivity index (χ2n) is 7.97. The summed E-state index contributed by atoms with van der Waals surface area (Å²) in [5, 5.41) is 3.19. The molecule has 2 aliphatic heterocycles. The van der Waals surface area contributed by atoms with Crippen LogP contribution >= 0.6 is 0 Å². The molecule has 4 heterocycles. The average molecular weight is 420 g/mol. The maximum atomic E-state index is 12.8. The van der Waals surface area contributed by atoms with Crippen molar-refractivity contribution >= 4 is 5.91 Å². The predicted octanol–water partition coefficient (Wildman–Crippen LogP) is 4.15. The maximum Gasteiger partial charge on any atom is 0.255 e. The third-order valence-electron chi connectivity index (χ3n) is 6.10. The van der Waals surface area contributed by atoms with Crippen LogP contribution in [0.4, 0.5) is 0 Å². The van der Waals surface area contributed by atoms with Crippen molar-refractivity contribution in [3.05, 3.63) is 66.4 Å². The highest BCUT2D eigenvalue weighted by atomic mass is 16.5. The monoisotopic (exact) mass is 420 g/mol. The summed E-state index contributed by atoms with van der Waals surface area (Å²) < 4.78 is 22.7. The number of hydrogen-bond donors (Lipinski definition) is 1. The number of methoxy groups -OCH3 is 1. The topological polar surface area (TPSA) is 82.8 Å². The molecule has 0 saturated carbocycles. The average Bonchev–Trinajstić information content (AvgIpc) is 3.35. The molecule has 0 aliphatic carbocycles. The SMILES string of the molecule is COc1cnccc1-c1ccc2c(c1)C(NC(=O)c1ccoc1)CC1(CCOCC1)O2. The summed E-state index contributed by atoms with van der Waals surface area (Å²) in [5.74, 6) is 1.32. The number of ether oxygens (including phenoxy) is 3. The molecule has 1 atom stereocenters. The number of rotatable bonds is 4. The molecule has 0 bridgehead atoms. The Morgan fingerprint density at radius 1 is 1.23 bits per heavy atom. The first kappa shape index (κ1) is 19.6. The van der Waals surface area contributed by atoms with Crippen molar-refractivity contribution in [2.75, 3.05) is 20.3 Å². The first-order valence-corrected chi connectivity index (χ1v) is 10.4. The number of furan rings is 1. The van der Waals surface area contributed by atoms with Crippen molar-refractivity contribution in [3.8, 4) is 22.6 Å². The van der Waals surface area contributed by atoms with Crippen LogP contribution in [0.1, 0.15) is 41.2 Å². The van der Waals surface area contributed by atoms with E-state index >= 15 is 0 Å². The van der Waals surface area contributed by atoms with Crippen molar-refractivity contribution < 1.29 is 23.4 Å². The normalized spacial score (nSPS) is 19.3. The van der Waals surface area contributed by atoms with Crippen LogP contribution in [0.25, 0.3) is 11.1 Å². The molecule has 1 N–H and O–H groups in total. The van der Waals surface area contributed by atoms with Crippen LogP contribution in [-0.2, 0) is 4.74 Å². The van der Waals surface area contributed by atoms with E-state index in [1.807, 2.05) is 18.2 Å². The lowest BCUT2D eigenvalue weighted by atomic mass is 9.81. The Labute approximate surface area is 180 Å². The summed E-state index contributed by atoms with van der Waals surface area (Å²) >= 11 is 0. The van der Waals surface area contributed by atoms with E-state index in [9.17, 15) is 4.79 Å². The zero-order valence-corrected chi connectivity index (χ0v) is 17.3. The van der Waals surface area contributed by atoms with Gasteiger partial charge in [-0.15, -0.1) is 0 Å². The molecule has 7 heteroatoms. The van der Waals surface area contributed by atoms with Crippen LogP contribution < -0.4 is 14.8 Å². The number of fused-ring (bicyclic) bond motifs is 1. The number of pyridine rings is 1. The van der Waals surface area contributed by atoms with E-state index in [1.165, 1.54) is 12.5 Å². The molecule has 1 amide bonds. The van der Waals surface area contributed by atoms with Gasteiger partial charge in [-0.2, -0.15) is 0 Å². The smallest absolute Gasteiger partial charge is 0.255 e. The van der Waals surface area contributed by atoms with Crippen LogP contribution in [-0.4, -0.2) is 36.8 Å². The third-order valence-corrected chi connectivity index (χ3v) is 6.10. The molecule has 1 aromatic carbocycles. The van der Waals surface area contributed by atoms with Gasteiger partial charge in [-0.25, -0.2) is 0 Å². The minimum absolute atomic E-state index is 0.166. The summed E-state index contributed by atoms with van der Waals surface area (Å²) in [4.78, 5) is 17.0. The minimum atomic E-state index is -0.338. The van der Waals surface area contributed by atoms with Crippen LogP contribution in [0.15, 0.2) is 59.7 Å². The summed E-state index contributed by atoms with van der Waals surface area (Å²) in [7, 11) is 1.63. The lowest BCUT2D eigenvalue weighted by Crippen LogP contribution is -2.48. The predicted molar refractivity (Wildman–Crippen MR) is 113 cm³/mol. The van der Waals surface area contributed by atoms with E-state index < -0.39 is 0 Å². The maximum absolute atomic E-state index is 12.8. The van der Waals surface area contributed by atoms with Gasteiger partial charge in [0.05, 0.1) is 44.4 Å². The van der Waals surface area contributed by atoms with Gasteiger partial charge in [0, 0.05) is 36.6 Å². The highest BCUT2D eigenvalue weighted by Gasteiger charge is 2.43. The summed E-state index contributed by atoms with van der Waals surface area (Å²) in [5.41, 5.74) is 3.03. The molecular weight excluding hydrogens is 396 g/mol. The summed E-state index contributed by atoms with van der Waals surface area (Å²) in [6, 6.07) is 9.46. The number of nitrogens with zero attached hydrogens (tertiary/aromatic N) is 1. The van der Waals surface area contributed by atoms with Gasteiger partial charge in [0.25, 0.3) is 5.91 Å². The lowest BCUT2D eigenvalue weighted by Gasteiger charge is -2.44. The van der Waals surface area contributed by atoms with E-state index in [0.717, 1.165) is 35.3 Å². The van der Waals surface area contributed by atoms with E-state index in [0.29, 0.717) is 30.9 Å². The van der Waals surface area contributed by atoms with E-state index in [-0.39, 0.29) is 17.6 Å². The Kier molecular flexibility index (Phi) is 5.11. The summed E-state index contributed by atoms with van der Waals surface area (Å²) in [6.45, 7) is 1.31. The van der Waals surface area contributed by atoms with Gasteiger partial charge < -0.3 is 23.9 Å². The Hall–Kier alpha value is -3.32. The fraction of sp³-hybridized carbons (Fsp3) is 0.333. The molecule has 31 heavy (non-hydrogen) atoms. The van der Waals surface area contributed by atoms with Gasteiger partial charge in [0.1, 0.15) is 23.4 Å². The number of benzene rings is 1.